The number of hydrogen-bond acceptors (Lipinski definition) is 6. The van der Waals surface area contributed by atoms with Gasteiger partial charge in [0.25, 0.3) is 5.91 Å². The topological polar surface area (TPSA) is 118 Å². The van der Waals surface area contributed by atoms with Gasteiger partial charge >= 0.3 is 11.8 Å². The molecule has 0 heterocycles. The Kier molecular flexibility index (Phi) is 10.7. The number of carbonyl (C=O) groups excluding carboxylic acids is 3. The van der Waals surface area contributed by atoms with Crippen LogP contribution in [0.3, 0.4) is 0 Å². The van der Waals surface area contributed by atoms with E-state index >= 15 is 0 Å². The van der Waals surface area contributed by atoms with E-state index in [9.17, 15) is 14.4 Å². The number of anilines is 1. The first kappa shape index (κ1) is 25.7. The van der Waals surface area contributed by atoms with Crippen molar-refractivity contribution in [3.05, 3.63) is 53.1 Å². The molecule has 0 aliphatic heterocycles. The van der Waals surface area contributed by atoms with Crippen LogP contribution in [-0.4, -0.2) is 43.7 Å². The second-order valence-corrected chi connectivity index (χ2v) is 7.23. The Bertz CT molecular complexity index is 997. The van der Waals surface area contributed by atoms with Crippen LogP contribution in [0.2, 0.25) is 5.02 Å². The smallest absolute Gasteiger partial charge is 0.329 e. The van der Waals surface area contributed by atoms with Gasteiger partial charge in [0, 0.05) is 17.3 Å². The Hall–Kier alpha value is -3.59. The highest BCUT2D eigenvalue weighted by atomic mass is 35.5. The molecule has 0 aliphatic carbocycles. The molecule has 2 aromatic carbocycles. The lowest BCUT2D eigenvalue weighted by Gasteiger charge is -2.12. The molecule has 33 heavy (non-hydrogen) atoms. The summed E-state index contributed by atoms with van der Waals surface area (Å²) >= 11 is 5.91. The molecule has 3 N–H and O–H groups in total. The highest BCUT2D eigenvalue weighted by Crippen LogP contribution is 2.28. The van der Waals surface area contributed by atoms with Gasteiger partial charge < -0.3 is 20.1 Å². The summed E-state index contributed by atoms with van der Waals surface area (Å²) in [4.78, 5) is 35.5. The lowest BCUT2D eigenvalue weighted by Crippen LogP contribution is -2.38. The number of rotatable bonds is 11. The molecule has 0 saturated carbocycles. The van der Waals surface area contributed by atoms with Crippen molar-refractivity contribution in [3.8, 4) is 11.5 Å². The maximum Gasteiger partial charge on any atom is 0.329 e. The minimum atomic E-state index is -0.849. The molecule has 0 bridgehead atoms. The van der Waals surface area contributed by atoms with Crippen molar-refractivity contribution >= 4 is 41.2 Å². The summed E-state index contributed by atoms with van der Waals surface area (Å²) in [7, 11) is 0. The number of nitrogens with one attached hydrogen (secondary N) is 3. The summed E-state index contributed by atoms with van der Waals surface area (Å²) in [6, 6.07) is 11.7. The molecule has 2 aromatic rings. The van der Waals surface area contributed by atoms with Gasteiger partial charge in [-0.15, -0.1) is 0 Å². The first-order chi connectivity index (χ1) is 15.9. The maximum absolute atomic E-state index is 12.2. The van der Waals surface area contributed by atoms with Gasteiger partial charge in [-0.2, -0.15) is 5.10 Å². The number of amides is 3. The number of hydrogen-bond donors (Lipinski definition) is 3. The molecule has 9 nitrogen and oxygen atoms in total. The third-order valence-corrected chi connectivity index (χ3v) is 4.37. The van der Waals surface area contributed by atoms with Crippen molar-refractivity contribution in [2.75, 3.05) is 25.1 Å². The summed E-state index contributed by atoms with van der Waals surface area (Å²) < 4.78 is 11.2. The van der Waals surface area contributed by atoms with E-state index in [2.05, 4.69) is 21.2 Å². The fourth-order valence-electron chi connectivity index (χ4n) is 2.57. The Morgan fingerprint density at radius 2 is 1.85 bits per heavy atom. The Morgan fingerprint density at radius 3 is 2.58 bits per heavy atom. The fourth-order valence-corrected chi connectivity index (χ4v) is 2.76. The summed E-state index contributed by atoms with van der Waals surface area (Å²) in [5.74, 6) is -1.17. The molecule has 3 amide bonds. The molecule has 0 fully saturated rings. The van der Waals surface area contributed by atoms with Crippen molar-refractivity contribution < 1.29 is 23.9 Å². The van der Waals surface area contributed by atoms with Crippen LogP contribution in [0.25, 0.3) is 0 Å². The minimum absolute atomic E-state index is 0.233. The zero-order valence-electron chi connectivity index (χ0n) is 18.5. The third-order valence-electron chi connectivity index (χ3n) is 4.14. The molecule has 0 unspecified atom stereocenters. The Labute approximate surface area is 197 Å². The van der Waals surface area contributed by atoms with Gasteiger partial charge in [0.2, 0.25) is 0 Å². The molecule has 0 aromatic heterocycles. The van der Waals surface area contributed by atoms with E-state index < -0.39 is 11.8 Å². The predicted octanol–water partition coefficient (Wildman–Crippen LogP) is 3.12. The van der Waals surface area contributed by atoms with Gasteiger partial charge in [-0.1, -0.05) is 31.0 Å². The van der Waals surface area contributed by atoms with Gasteiger partial charge in [-0.05, 0) is 55.3 Å². The Balaban J connectivity index is 1.93. The van der Waals surface area contributed by atoms with E-state index in [0.29, 0.717) is 40.9 Å². The average molecular weight is 475 g/mol. The van der Waals surface area contributed by atoms with Gasteiger partial charge in [-0.25, -0.2) is 5.43 Å². The average Bonchev–Trinajstić information content (AvgIpc) is 2.78. The van der Waals surface area contributed by atoms with Crippen molar-refractivity contribution in [2.24, 2.45) is 5.10 Å². The maximum atomic E-state index is 12.2. The van der Waals surface area contributed by atoms with Crippen LogP contribution in [0.4, 0.5) is 5.69 Å². The monoisotopic (exact) mass is 474 g/mol. The highest BCUT2D eigenvalue weighted by molar-refractivity contribution is 6.35. The number of halogens is 1. The molecule has 0 radical (unpaired) electrons. The van der Waals surface area contributed by atoms with E-state index in [1.165, 1.54) is 6.21 Å². The fraction of sp³-hybridized carbons (Fsp3) is 0.304. The van der Waals surface area contributed by atoms with Crippen LogP contribution in [-0.2, 0) is 14.4 Å². The standard InChI is InChI=1S/C23H27ClN4O5/c1-3-5-11-25-22(30)23(31)28-26-14-16-9-10-19(20(12-16)32-4-2)33-15-21(29)27-18-8-6-7-17(24)13-18/h6-10,12-14H,3-5,11,15H2,1-2H3,(H,25,30)(H,27,29)(H,28,31)/b26-14-. The summed E-state index contributed by atoms with van der Waals surface area (Å²) in [6.07, 6.45) is 3.07. The van der Waals surface area contributed by atoms with Gasteiger partial charge in [0.1, 0.15) is 0 Å². The number of nitrogens with zero attached hydrogens (tertiary/aromatic N) is 1. The quantitative estimate of drug-likeness (QED) is 0.200. The molecule has 0 spiro atoms. The second kappa shape index (κ2) is 13.7. The number of unbranched alkanes of at least 4 members (excludes halogenated alkanes) is 1. The van der Waals surface area contributed by atoms with Crippen molar-refractivity contribution in [1.29, 1.82) is 0 Å². The molecule has 0 saturated heterocycles. The van der Waals surface area contributed by atoms with E-state index in [1.54, 1.807) is 42.5 Å². The van der Waals surface area contributed by atoms with Crippen LogP contribution >= 0.6 is 11.6 Å². The normalized spacial score (nSPS) is 10.5. The summed E-state index contributed by atoms with van der Waals surface area (Å²) in [5, 5.41) is 9.51. The van der Waals surface area contributed by atoms with Crippen molar-refractivity contribution in [3.63, 3.8) is 0 Å². The van der Waals surface area contributed by atoms with Gasteiger partial charge in [-0.3, -0.25) is 14.4 Å². The SMILES string of the molecule is CCCCNC(=O)C(=O)N/N=C\c1ccc(OCC(=O)Nc2cccc(Cl)c2)c(OCC)c1. The minimum Gasteiger partial charge on any atom is -0.490 e. The van der Waals surface area contributed by atoms with E-state index in [4.69, 9.17) is 21.1 Å². The lowest BCUT2D eigenvalue weighted by molar-refractivity contribution is -0.139. The van der Waals surface area contributed by atoms with Crippen LogP contribution < -0.4 is 25.5 Å². The molecular weight excluding hydrogens is 448 g/mol. The predicted molar refractivity (Wildman–Crippen MR) is 127 cm³/mol. The van der Waals surface area contributed by atoms with Crippen molar-refractivity contribution in [2.45, 2.75) is 26.7 Å². The van der Waals surface area contributed by atoms with E-state index in [0.717, 1.165) is 12.8 Å². The second-order valence-electron chi connectivity index (χ2n) is 6.79. The van der Waals surface area contributed by atoms with Crippen LogP contribution in [0.5, 0.6) is 11.5 Å². The summed E-state index contributed by atoms with van der Waals surface area (Å²) in [5.41, 5.74) is 3.34. The number of benzene rings is 2. The number of ether oxygens (including phenoxy) is 2. The van der Waals surface area contributed by atoms with Crippen LogP contribution in [0.15, 0.2) is 47.6 Å². The highest BCUT2D eigenvalue weighted by Gasteiger charge is 2.12. The first-order valence-corrected chi connectivity index (χ1v) is 10.9. The largest absolute Gasteiger partial charge is 0.490 e. The number of carbonyl (C=O) groups is 3. The van der Waals surface area contributed by atoms with Crippen LogP contribution in [0, 0.1) is 0 Å². The first-order valence-electron chi connectivity index (χ1n) is 10.5. The summed E-state index contributed by atoms with van der Waals surface area (Å²) in [6.45, 7) is 4.37. The third kappa shape index (κ3) is 9.20. The van der Waals surface area contributed by atoms with Crippen LogP contribution in [0.1, 0.15) is 32.3 Å². The van der Waals surface area contributed by atoms with Gasteiger partial charge in [0.15, 0.2) is 18.1 Å². The molecule has 10 heteroatoms. The molecule has 0 atom stereocenters. The van der Waals surface area contributed by atoms with Gasteiger partial charge in [0.05, 0.1) is 12.8 Å². The zero-order chi connectivity index (χ0) is 24.1. The van der Waals surface area contributed by atoms with E-state index in [1.807, 2.05) is 13.8 Å². The van der Waals surface area contributed by atoms with Crippen molar-refractivity contribution in [1.82, 2.24) is 10.7 Å². The van der Waals surface area contributed by atoms with E-state index in [-0.39, 0.29) is 12.5 Å². The molecule has 0 aliphatic rings. The zero-order valence-corrected chi connectivity index (χ0v) is 19.3. The molecule has 2 rings (SSSR count). The molecular formula is C23H27ClN4O5. The molecule has 176 valence electrons. The Morgan fingerprint density at radius 1 is 1.03 bits per heavy atom. The lowest BCUT2D eigenvalue weighted by atomic mass is 10.2. The number of hydrazone groups is 1.